The van der Waals surface area contributed by atoms with Crippen molar-refractivity contribution in [3.63, 3.8) is 0 Å². The van der Waals surface area contributed by atoms with Crippen LogP contribution in [0.5, 0.6) is 0 Å². The average molecular weight is 434 g/mol. The third kappa shape index (κ3) is 2.41. The van der Waals surface area contributed by atoms with Gasteiger partial charge in [0.1, 0.15) is 5.25 Å². The van der Waals surface area contributed by atoms with Crippen molar-refractivity contribution >= 4 is 45.8 Å². The Morgan fingerprint density at radius 1 is 0.900 bits per heavy atom. The first-order chi connectivity index (χ1) is 14.6. The van der Waals surface area contributed by atoms with Crippen LogP contribution in [-0.4, -0.2) is 26.6 Å². The molecule has 8 heteroatoms. The van der Waals surface area contributed by atoms with Crippen LogP contribution in [0.2, 0.25) is 0 Å². The number of para-hydroxylation sites is 2. The van der Waals surface area contributed by atoms with Gasteiger partial charge in [0.25, 0.3) is 0 Å². The Balaban J connectivity index is 1.64. The van der Waals surface area contributed by atoms with Gasteiger partial charge in [-0.05, 0) is 23.8 Å². The van der Waals surface area contributed by atoms with Gasteiger partial charge in [-0.2, -0.15) is 0 Å². The third-order valence-corrected chi connectivity index (χ3v) is 8.32. The number of imide groups is 1. The highest BCUT2D eigenvalue weighted by Gasteiger charge is 2.53. The minimum atomic E-state index is -0.562. The van der Waals surface area contributed by atoms with E-state index in [2.05, 4.69) is 10.3 Å². The summed E-state index contributed by atoms with van der Waals surface area (Å²) in [7, 11) is 0. The first-order valence-electron chi connectivity index (χ1n) is 9.52. The SMILES string of the molecule is O=C1NC(=O)[C@H]2Sc3c(sc(=O)n3-c3ccccc3)[C@@H](c3c[nH]c4ccccc34)[C@H]12. The van der Waals surface area contributed by atoms with Crippen molar-refractivity contribution in [2.24, 2.45) is 5.92 Å². The number of thioether (sulfide) groups is 1. The minimum Gasteiger partial charge on any atom is -0.361 e. The number of aromatic amines is 1. The molecule has 2 aromatic heterocycles. The minimum absolute atomic E-state index is 0.114. The van der Waals surface area contributed by atoms with Crippen LogP contribution in [0.1, 0.15) is 16.4 Å². The lowest BCUT2D eigenvalue weighted by Crippen LogP contribution is -2.31. The van der Waals surface area contributed by atoms with Crippen molar-refractivity contribution < 1.29 is 9.59 Å². The molecule has 0 spiro atoms. The molecule has 6 rings (SSSR count). The van der Waals surface area contributed by atoms with Crippen LogP contribution in [0.15, 0.2) is 70.6 Å². The quantitative estimate of drug-likeness (QED) is 0.476. The lowest BCUT2D eigenvalue weighted by molar-refractivity contribution is -0.125. The summed E-state index contributed by atoms with van der Waals surface area (Å²) in [5.74, 6) is -1.47. The Kier molecular flexibility index (Phi) is 3.81. The predicted molar refractivity (Wildman–Crippen MR) is 116 cm³/mol. The Bertz CT molecular complexity index is 1390. The highest BCUT2D eigenvalue weighted by Crippen LogP contribution is 2.53. The lowest BCUT2D eigenvalue weighted by Gasteiger charge is -2.30. The molecule has 4 heterocycles. The molecule has 6 nitrogen and oxygen atoms in total. The van der Waals surface area contributed by atoms with E-state index in [1.54, 1.807) is 4.57 Å². The highest BCUT2D eigenvalue weighted by atomic mass is 32.2. The van der Waals surface area contributed by atoms with Crippen molar-refractivity contribution in [2.75, 3.05) is 0 Å². The van der Waals surface area contributed by atoms with Gasteiger partial charge < -0.3 is 4.98 Å². The second-order valence-electron chi connectivity index (χ2n) is 7.39. The number of H-pyrrole nitrogens is 1. The fourth-order valence-corrected chi connectivity index (χ4v) is 7.24. The normalized spacial score (nSPS) is 22.7. The molecular weight excluding hydrogens is 418 g/mol. The number of benzene rings is 2. The van der Waals surface area contributed by atoms with E-state index in [4.69, 9.17) is 0 Å². The molecule has 2 aliphatic heterocycles. The van der Waals surface area contributed by atoms with E-state index in [1.165, 1.54) is 11.8 Å². The number of hydrogen-bond acceptors (Lipinski definition) is 5. The van der Waals surface area contributed by atoms with E-state index < -0.39 is 11.2 Å². The topological polar surface area (TPSA) is 84.0 Å². The number of nitrogens with one attached hydrogen (secondary N) is 2. The molecule has 3 atom stereocenters. The number of thiazole rings is 1. The van der Waals surface area contributed by atoms with E-state index in [9.17, 15) is 14.4 Å². The number of rotatable bonds is 2. The van der Waals surface area contributed by atoms with Crippen LogP contribution in [0.3, 0.4) is 0 Å². The van der Waals surface area contributed by atoms with E-state index in [-0.39, 0.29) is 22.6 Å². The average Bonchev–Trinajstić information content (AvgIpc) is 3.41. The molecule has 0 aliphatic carbocycles. The first-order valence-corrected chi connectivity index (χ1v) is 11.2. The second kappa shape index (κ2) is 6.45. The van der Waals surface area contributed by atoms with Crippen molar-refractivity contribution in [2.45, 2.75) is 16.2 Å². The van der Waals surface area contributed by atoms with Crippen LogP contribution in [-0.2, 0) is 9.59 Å². The van der Waals surface area contributed by atoms with Gasteiger partial charge in [0.2, 0.25) is 11.8 Å². The largest absolute Gasteiger partial charge is 0.361 e. The summed E-state index contributed by atoms with van der Waals surface area (Å²) in [6.07, 6.45) is 1.90. The molecule has 1 fully saturated rings. The van der Waals surface area contributed by atoms with Gasteiger partial charge in [0, 0.05) is 27.9 Å². The van der Waals surface area contributed by atoms with E-state index in [0.29, 0.717) is 0 Å². The number of nitrogens with zero attached hydrogens (tertiary/aromatic N) is 1. The molecule has 0 saturated carbocycles. The second-order valence-corrected chi connectivity index (χ2v) is 9.52. The molecule has 4 aromatic rings. The van der Waals surface area contributed by atoms with Gasteiger partial charge >= 0.3 is 4.87 Å². The van der Waals surface area contributed by atoms with Crippen LogP contribution >= 0.6 is 23.1 Å². The molecule has 1 saturated heterocycles. The van der Waals surface area contributed by atoms with E-state index >= 15 is 0 Å². The van der Waals surface area contributed by atoms with Gasteiger partial charge in [0.05, 0.1) is 16.6 Å². The number of amides is 2. The monoisotopic (exact) mass is 433 g/mol. The maximum absolute atomic E-state index is 13.0. The molecule has 148 valence electrons. The van der Waals surface area contributed by atoms with E-state index in [0.717, 1.165) is 43.4 Å². The fourth-order valence-electron chi connectivity index (χ4n) is 4.48. The predicted octanol–water partition coefficient (Wildman–Crippen LogP) is 3.26. The molecule has 2 aliphatic rings. The third-order valence-electron chi connectivity index (χ3n) is 5.78. The van der Waals surface area contributed by atoms with Crippen molar-refractivity contribution in [3.8, 4) is 5.69 Å². The summed E-state index contributed by atoms with van der Waals surface area (Å²) in [5.41, 5.74) is 2.66. The Morgan fingerprint density at radius 2 is 1.67 bits per heavy atom. The zero-order valence-corrected chi connectivity index (χ0v) is 17.1. The Labute approximate surface area is 178 Å². The molecule has 30 heavy (non-hydrogen) atoms. The molecule has 0 bridgehead atoms. The van der Waals surface area contributed by atoms with Gasteiger partial charge in [-0.15, -0.1) is 0 Å². The summed E-state index contributed by atoms with van der Waals surface area (Å²) < 4.78 is 1.67. The number of aromatic nitrogens is 2. The summed E-state index contributed by atoms with van der Waals surface area (Å²) in [5, 5.41) is 3.69. The molecular formula is C22H15N3O3S2. The lowest BCUT2D eigenvalue weighted by atomic mass is 9.83. The van der Waals surface area contributed by atoms with Crippen molar-refractivity contribution in [3.05, 3.63) is 80.9 Å². The van der Waals surface area contributed by atoms with E-state index in [1.807, 2.05) is 60.8 Å². The van der Waals surface area contributed by atoms with Gasteiger partial charge in [-0.25, -0.2) is 0 Å². The Hall–Kier alpha value is -3.10. The van der Waals surface area contributed by atoms with Crippen molar-refractivity contribution in [1.82, 2.24) is 14.9 Å². The Morgan fingerprint density at radius 3 is 2.50 bits per heavy atom. The fraction of sp³-hybridized carbons (Fsp3) is 0.136. The van der Waals surface area contributed by atoms with Crippen LogP contribution < -0.4 is 10.2 Å². The standard InChI is InChI=1S/C22H15N3O3S2/c26-19-16-15(13-10-23-14-9-5-4-8-12(13)14)18-21(29-17(16)20(27)24-19)25(22(28)30-18)11-6-2-1-3-7-11/h1-10,15-17,23H,(H,24,26,27)/t15-,16-,17-/m0/s1. The summed E-state index contributed by atoms with van der Waals surface area (Å²) in [6.45, 7) is 0. The zero-order valence-electron chi connectivity index (χ0n) is 15.5. The van der Waals surface area contributed by atoms with Gasteiger partial charge in [-0.3, -0.25) is 24.3 Å². The molecule has 2 N–H and O–H groups in total. The number of carbonyl (C=O) groups excluding carboxylic acids is 2. The summed E-state index contributed by atoms with van der Waals surface area (Å²) in [4.78, 5) is 42.5. The maximum Gasteiger partial charge on any atom is 0.312 e. The first kappa shape index (κ1) is 17.7. The molecule has 2 aromatic carbocycles. The zero-order chi connectivity index (χ0) is 20.4. The van der Waals surface area contributed by atoms with Crippen molar-refractivity contribution in [1.29, 1.82) is 0 Å². The maximum atomic E-state index is 13.0. The smallest absolute Gasteiger partial charge is 0.312 e. The highest BCUT2D eigenvalue weighted by molar-refractivity contribution is 8.00. The molecule has 2 amide bonds. The van der Waals surface area contributed by atoms with Gasteiger partial charge in [-0.1, -0.05) is 59.5 Å². The number of carbonyl (C=O) groups is 2. The van der Waals surface area contributed by atoms with Crippen LogP contribution in [0.4, 0.5) is 0 Å². The van der Waals surface area contributed by atoms with Crippen LogP contribution in [0.25, 0.3) is 16.6 Å². The molecule has 0 unspecified atom stereocenters. The summed E-state index contributed by atoms with van der Waals surface area (Å²) in [6, 6.07) is 17.3. The number of hydrogen-bond donors (Lipinski definition) is 2. The summed E-state index contributed by atoms with van der Waals surface area (Å²) >= 11 is 2.48. The molecule has 0 radical (unpaired) electrons. The van der Waals surface area contributed by atoms with Crippen LogP contribution in [0, 0.1) is 5.92 Å². The van der Waals surface area contributed by atoms with Gasteiger partial charge in [0.15, 0.2) is 0 Å². The number of fused-ring (bicyclic) bond motifs is 3.